The molecule has 1 atom stereocenters. The number of hydrogen-bond donors (Lipinski definition) is 2. The van der Waals surface area contributed by atoms with Gasteiger partial charge in [-0.3, -0.25) is 4.79 Å². The summed E-state index contributed by atoms with van der Waals surface area (Å²) < 4.78 is 0. The minimum atomic E-state index is -0.482. The van der Waals surface area contributed by atoms with E-state index in [9.17, 15) is 4.79 Å². The molecule has 0 heterocycles. The van der Waals surface area contributed by atoms with Crippen LogP contribution in [-0.4, -0.2) is 34.4 Å². The van der Waals surface area contributed by atoms with Gasteiger partial charge in [0, 0.05) is 12.6 Å². The van der Waals surface area contributed by atoms with E-state index < -0.39 is 5.92 Å². The summed E-state index contributed by atoms with van der Waals surface area (Å²) in [6.45, 7) is 7.00. The molecule has 1 amide bonds. The van der Waals surface area contributed by atoms with Gasteiger partial charge in [-0.1, -0.05) is 45.2 Å². The van der Waals surface area contributed by atoms with E-state index in [1.54, 1.807) is 0 Å². The molecule has 1 saturated carbocycles. The summed E-state index contributed by atoms with van der Waals surface area (Å²) in [5.74, 6) is 0.0184. The van der Waals surface area contributed by atoms with Crippen LogP contribution < -0.4 is 5.73 Å². The Kier molecular flexibility index (Phi) is 6.82. The first kappa shape index (κ1) is 16.8. The third-order valence-electron chi connectivity index (χ3n) is 3.96. The zero-order valence-corrected chi connectivity index (χ0v) is 13.0. The van der Waals surface area contributed by atoms with Crippen LogP contribution in [0, 0.1) is 11.8 Å². The predicted octanol–water partition coefficient (Wildman–Crippen LogP) is 2.58. The Morgan fingerprint density at radius 2 is 2.00 bits per heavy atom. The lowest BCUT2D eigenvalue weighted by Gasteiger charge is -2.33. The Bertz CT molecular complexity index is 336. The van der Waals surface area contributed by atoms with Crippen molar-refractivity contribution >= 4 is 11.7 Å². The van der Waals surface area contributed by atoms with Gasteiger partial charge in [-0.15, -0.1) is 0 Å². The maximum atomic E-state index is 12.8. The first-order valence-electron chi connectivity index (χ1n) is 7.79. The summed E-state index contributed by atoms with van der Waals surface area (Å²) in [5, 5.41) is 12.0. The van der Waals surface area contributed by atoms with Gasteiger partial charge in [0.05, 0.1) is 5.92 Å². The van der Waals surface area contributed by atoms with Crippen LogP contribution in [0.5, 0.6) is 0 Å². The molecule has 0 radical (unpaired) electrons. The highest BCUT2D eigenvalue weighted by atomic mass is 16.4. The Labute approximate surface area is 122 Å². The van der Waals surface area contributed by atoms with Crippen LogP contribution in [0.15, 0.2) is 5.16 Å². The normalized spacial score (nSPS) is 18.5. The summed E-state index contributed by atoms with van der Waals surface area (Å²) in [7, 11) is 0. The molecule has 1 aliphatic rings. The monoisotopic (exact) mass is 283 g/mol. The number of carbonyl (C=O) groups is 1. The molecule has 0 aromatic carbocycles. The lowest BCUT2D eigenvalue weighted by atomic mass is 9.98. The topological polar surface area (TPSA) is 78.9 Å². The van der Waals surface area contributed by atoms with E-state index >= 15 is 0 Å². The average molecular weight is 283 g/mol. The third kappa shape index (κ3) is 4.39. The van der Waals surface area contributed by atoms with Crippen molar-refractivity contribution in [2.24, 2.45) is 22.7 Å². The van der Waals surface area contributed by atoms with Crippen LogP contribution in [0.2, 0.25) is 0 Å². The smallest absolute Gasteiger partial charge is 0.233 e. The lowest BCUT2D eigenvalue weighted by Crippen LogP contribution is -2.47. The number of oxime groups is 1. The van der Waals surface area contributed by atoms with E-state index in [1.807, 2.05) is 11.8 Å². The van der Waals surface area contributed by atoms with Crippen LogP contribution >= 0.6 is 0 Å². The molecule has 0 aromatic heterocycles. The summed E-state index contributed by atoms with van der Waals surface area (Å²) in [6.07, 6.45) is 6.01. The molecule has 1 rings (SSSR count). The van der Waals surface area contributed by atoms with Crippen molar-refractivity contribution in [2.75, 3.05) is 6.54 Å². The van der Waals surface area contributed by atoms with Gasteiger partial charge in [0.25, 0.3) is 0 Å². The van der Waals surface area contributed by atoms with Gasteiger partial charge in [0.2, 0.25) is 5.91 Å². The molecular formula is C15H29N3O2. The number of rotatable bonds is 7. The molecule has 1 unspecified atom stereocenters. The molecule has 1 aliphatic carbocycles. The van der Waals surface area contributed by atoms with Crippen molar-refractivity contribution in [3.05, 3.63) is 0 Å². The number of nitrogens with two attached hydrogens (primary N) is 1. The van der Waals surface area contributed by atoms with E-state index in [4.69, 9.17) is 10.9 Å². The van der Waals surface area contributed by atoms with Crippen LogP contribution in [0.1, 0.15) is 59.3 Å². The fraction of sp³-hybridized carbons (Fsp3) is 0.867. The van der Waals surface area contributed by atoms with E-state index in [1.165, 1.54) is 12.8 Å². The molecule has 0 aliphatic heterocycles. The van der Waals surface area contributed by atoms with Gasteiger partial charge >= 0.3 is 0 Å². The van der Waals surface area contributed by atoms with Gasteiger partial charge in [-0.25, -0.2) is 0 Å². The number of carbonyl (C=O) groups excluding carboxylic acids is 1. The Morgan fingerprint density at radius 3 is 2.45 bits per heavy atom. The summed E-state index contributed by atoms with van der Waals surface area (Å²) in [4.78, 5) is 14.8. The minimum absolute atomic E-state index is 0.0303. The van der Waals surface area contributed by atoms with Gasteiger partial charge in [0.1, 0.15) is 0 Å². The second-order valence-corrected chi connectivity index (χ2v) is 6.19. The third-order valence-corrected chi connectivity index (χ3v) is 3.96. The minimum Gasteiger partial charge on any atom is -0.409 e. The van der Waals surface area contributed by atoms with Gasteiger partial charge in [0.15, 0.2) is 5.84 Å². The molecule has 0 aromatic rings. The molecule has 3 N–H and O–H groups in total. The maximum Gasteiger partial charge on any atom is 0.233 e. The molecule has 0 saturated heterocycles. The average Bonchev–Trinajstić information content (AvgIpc) is 2.94. The first-order valence-corrected chi connectivity index (χ1v) is 7.79. The zero-order chi connectivity index (χ0) is 15.1. The number of nitrogens with zero attached hydrogens (tertiary/aromatic N) is 2. The molecule has 20 heavy (non-hydrogen) atoms. The second-order valence-electron chi connectivity index (χ2n) is 6.19. The van der Waals surface area contributed by atoms with Crippen molar-refractivity contribution in [3.8, 4) is 0 Å². The van der Waals surface area contributed by atoms with E-state index in [0.717, 1.165) is 25.8 Å². The standard InChI is InChI=1S/C15H29N3O2/c1-4-7-13(14(16)17-20)15(19)18(10-11(2)3)12-8-5-6-9-12/h11-13,20H,4-10H2,1-3H3,(H2,16,17). The highest BCUT2D eigenvalue weighted by Gasteiger charge is 2.33. The molecule has 0 bridgehead atoms. The van der Waals surface area contributed by atoms with Crippen LogP contribution in [-0.2, 0) is 4.79 Å². The first-order chi connectivity index (χ1) is 9.51. The van der Waals surface area contributed by atoms with E-state index in [-0.39, 0.29) is 11.7 Å². The summed E-state index contributed by atoms with van der Waals surface area (Å²) in [6, 6.07) is 0.329. The quantitative estimate of drug-likeness (QED) is 0.326. The predicted molar refractivity (Wildman–Crippen MR) is 80.6 cm³/mol. The maximum absolute atomic E-state index is 12.8. The Morgan fingerprint density at radius 1 is 1.40 bits per heavy atom. The van der Waals surface area contributed by atoms with E-state index in [0.29, 0.717) is 18.4 Å². The van der Waals surface area contributed by atoms with Crippen molar-refractivity contribution in [2.45, 2.75) is 65.3 Å². The van der Waals surface area contributed by atoms with Gasteiger partial charge in [-0.2, -0.15) is 0 Å². The lowest BCUT2D eigenvalue weighted by molar-refractivity contribution is -0.136. The number of amidine groups is 1. The van der Waals surface area contributed by atoms with Crippen LogP contribution in [0.3, 0.4) is 0 Å². The highest BCUT2D eigenvalue weighted by molar-refractivity contribution is 6.02. The SMILES string of the molecule is CCCC(C(=O)N(CC(C)C)C1CCCC1)C(N)=NO. The summed E-state index contributed by atoms with van der Waals surface area (Å²) >= 11 is 0. The second kappa shape index (κ2) is 8.12. The van der Waals surface area contributed by atoms with E-state index in [2.05, 4.69) is 19.0 Å². The summed E-state index contributed by atoms with van der Waals surface area (Å²) in [5.41, 5.74) is 5.72. The molecule has 1 fully saturated rings. The van der Waals surface area contributed by atoms with Crippen LogP contribution in [0.4, 0.5) is 0 Å². The fourth-order valence-electron chi connectivity index (χ4n) is 2.98. The van der Waals surface area contributed by atoms with Gasteiger partial charge in [-0.05, 0) is 25.2 Å². The molecule has 5 nitrogen and oxygen atoms in total. The number of hydrogen-bond acceptors (Lipinski definition) is 3. The number of amides is 1. The molecule has 0 spiro atoms. The van der Waals surface area contributed by atoms with Crippen LogP contribution in [0.25, 0.3) is 0 Å². The fourth-order valence-corrected chi connectivity index (χ4v) is 2.98. The van der Waals surface area contributed by atoms with Crippen molar-refractivity contribution in [1.29, 1.82) is 0 Å². The Hall–Kier alpha value is -1.26. The molecular weight excluding hydrogens is 254 g/mol. The van der Waals surface area contributed by atoms with Crippen molar-refractivity contribution in [3.63, 3.8) is 0 Å². The van der Waals surface area contributed by atoms with Gasteiger partial charge < -0.3 is 15.8 Å². The van der Waals surface area contributed by atoms with Crippen molar-refractivity contribution in [1.82, 2.24) is 4.90 Å². The zero-order valence-electron chi connectivity index (χ0n) is 13.0. The molecule has 5 heteroatoms. The largest absolute Gasteiger partial charge is 0.409 e. The highest BCUT2D eigenvalue weighted by Crippen LogP contribution is 2.26. The molecule has 116 valence electrons. The Balaban J connectivity index is 2.88. The van der Waals surface area contributed by atoms with Crippen molar-refractivity contribution < 1.29 is 10.0 Å².